The number of carbonyl (C=O) groups excluding carboxylic acids is 2. The highest BCUT2D eigenvalue weighted by Crippen LogP contribution is 2.48. The molecule has 0 radical (unpaired) electrons. The molecule has 0 amide bonds. The second-order valence-corrected chi connectivity index (χ2v) is 5.92. The number of ketones is 2. The molecule has 1 fully saturated rings. The van der Waals surface area contributed by atoms with Gasteiger partial charge >= 0.3 is 0 Å². The van der Waals surface area contributed by atoms with Gasteiger partial charge in [-0.1, -0.05) is 36.4 Å². The number of hydrogen-bond donors (Lipinski definition) is 0. The van der Waals surface area contributed by atoms with Gasteiger partial charge in [-0.25, -0.2) is 0 Å². The monoisotopic (exact) mass is 292 g/mol. The minimum absolute atomic E-state index is 0.0627. The summed E-state index contributed by atoms with van der Waals surface area (Å²) in [5.41, 5.74) is 1.88. The summed E-state index contributed by atoms with van der Waals surface area (Å²) in [6, 6.07) is 15.4. The molecule has 2 aromatic rings. The highest BCUT2D eigenvalue weighted by molar-refractivity contribution is 6.06. The molecule has 22 heavy (non-hydrogen) atoms. The lowest BCUT2D eigenvalue weighted by Crippen LogP contribution is -2.35. The molecule has 0 atom stereocenters. The van der Waals surface area contributed by atoms with E-state index in [1.54, 1.807) is 0 Å². The van der Waals surface area contributed by atoms with Gasteiger partial charge in [0, 0.05) is 29.9 Å². The molecule has 0 aromatic heterocycles. The van der Waals surface area contributed by atoms with Crippen molar-refractivity contribution in [2.75, 3.05) is 0 Å². The zero-order chi connectivity index (χ0) is 15.1. The predicted molar refractivity (Wildman–Crippen MR) is 82.2 cm³/mol. The van der Waals surface area contributed by atoms with Crippen molar-refractivity contribution in [2.24, 2.45) is 5.92 Å². The van der Waals surface area contributed by atoms with Gasteiger partial charge in [0.2, 0.25) is 0 Å². The van der Waals surface area contributed by atoms with E-state index in [1.807, 2.05) is 48.5 Å². The molecule has 1 aliphatic carbocycles. The van der Waals surface area contributed by atoms with E-state index in [1.165, 1.54) is 0 Å². The molecule has 1 saturated carbocycles. The van der Waals surface area contributed by atoms with Gasteiger partial charge in [-0.05, 0) is 18.6 Å². The number of rotatable bonds is 1. The van der Waals surface area contributed by atoms with Gasteiger partial charge in [-0.3, -0.25) is 9.59 Å². The summed E-state index contributed by atoms with van der Waals surface area (Å²) in [6.45, 7) is 0. The van der Waals surface area contributed by atoms with Crippen LogP contribution in [0, 0.1) is 5.92 Å². The van der Waals surface area contributed by atoms with Crippen LogP contribution in [0.2, 0.25) is 0 Å². The van der Waals surface area contributed by atoms with Gasteiger partial charge in [0.05, 0.1) is 5.92 Å². The van der Waals surface area contributed by atoms with Crippen LogP contribution in [0.25, 0.3) is 0 Å². The Hall–Kier alpha value is -2.42. The maximum absolute atomic E-state index is 12.5. The van der Waals surface area contributed by atoms with Crippen LogP contribution in [-0.2, 0) is 9.59 Å². The minimum atomic E-state index is -0.569. The highest BCUT2D eigenvalue weighted by atomic mass is 16.5. The van der Waals surface area contributed by atoms with E-state index in [4.69, 9.17) is 4.74 Å². The van der Waals surface area contributed by atoms with Crippen molar-refractivity contribution in [3.63, 3.8) is 0 Å². The molecule has 0 spiro atoms. The average molecular weight is 292 g/mol. The Morgan fingerprint density at radius 3 is 1.77 bits per heavy atom. The standard InChI is InChI=1S/C19H16O3/c20-14-8-5-9-15(21)19(14)18-12-6-1-3-10-16(12)22-17-11-4-2-7-13(17)18/h1-4,6-7,10-11,18-19H,5,8-9H2. The summed E-state index contributed by atoms with van der Waals surface area (Å²) in [5, 5.41) is 0. The lowest BCUT2D eigenvalue weighted by atomic mass is 9.71. The van der Waals surface area contributed by atoms with Crippen LogP contribution < -0.4 is 4.74 Å². The van der Waals surface area contributed by atoms with Crippen LogP contribution in [0.1, 0.15) is 36.3 Å². The Morgan fingerprint density at radius 1 is 0.727 bits per heavy atom. The quantitative estimate of drug-likeness (QED) is 0.750. The van der Waals surface area contributed by atoms with Crippen LogP contribution in [-0.4, -0.2) is 11.6 Å². The molecule has 1 heterocycles. The Labute approximate surface area is 128 Å². The predicted octanol–water partition coefficient (Wildman–Crippen LogP) is 3.86. The number of fused-ring (bicyclic) bond motifs is 2. The van der Waals surface area contributed by atoms with E-state index in [9.17, 15) is 9.59 Å². The fourth-order valence-electron chi connectivity index (χ4n) is 3.61. The van der Waals surface area contributed by atoms with E-state index < -0.39 is 5.92 Å². The van der Waals surface area contributed by atoms with Crippen molar-refractivity contribution in [3.05, 3.63) is 59.7 Å². The van der Waals surface area contributed by atoms with Crippen molar-refractivity contribution >= 4 is 11.6 Å². The van der Waals surface area contributed by atoms with Crippen molar-refractivity contribution in [3.8, 4) is 11.5 Å². The number of benzene rings is 2. The Bertz CT molecular complexity index is 701. The maximum atomic E-state index is 12.5. The number of carbonyl (C=O) groups is 2. The molecule has 0 saturated heterocycles. The molecule has 1 aliphatic heterocycles. The summed E-state index contributed by atoms with van der Waals surface area (Å²) in [4.78, 5) is 24.9. The zero-order valence-corrected chi connectivity index (χ0v) is 12.1. The van der Waals surface area contributed by atoms with Crippen LogP contribution >= 0.6 is 0 Å². The molecular weight excluding hydrogens is 276 g/mol. The first-order valence-corrected chi connectivity index (χ1v) is 7.67. The third-order valence-corrected chi connectivity index (χ3v) is 4.60. The number of ether oxygens (including phenoxy) is 1. The molecule has 4 rings (SSSR count). The van der Waals surface area contributed by atoms with Gasteiger partial charge in [0.25, 0.3) is 0 Å². The summed E-state index contributed by atoms with van der Waals surface area (Å²) < 4.78 is 5.95. The lowest BCUT2D eigenvalue weighted by molar-refractivity contribution is -0.136. The topological polar surface area (TPSA) is 43.4 Å². The van der Waals surface area contributed by atoms with Crippen LogP contribution in [0.3, 0.4) is 0 Å². The van der Waals surface area contributed by atoms with Crippen LogP contribution in [0.15, 0.2) is 48.5 Å². The van der Waals surface area contributed by atoms with E-state index in [2.05, 4.69) is 0 Å². The summed E-state index contributed by atoms with van der Waals surface area (Å²) >= 11 is 0. The first-order chi connectivity index (χ1) is 10.8. The minimum Gasteiger partial charge on any atom is -0.457 e. The van der Waals surface area contributed by atoms with Crippen molar-refractivity contribution in [1.82, 2.24) is 0 Å². The SMILES string of the molecule is O=C1CCCC(=O)C1C1c2ccccc2Oc2ccccc21. The zero-order valence-electron chi connectivity index (χ0n) is 12.1. The van der Waals surface area contributed by atoms with E-state index in [-0.39, 0.29) is 17.5 Å². The first kappa shape index (κ1) is 13.3. The second-order valence-electron chi connectivity index (χ2n) is 5.92. The molecule has 110 valence electrons. The molecule has 3 nitrogen and oxygen atoms in total. The fourth-order valence-corrected chi connectivity index (χ4v) is 3.61. The van der Waals surface area contributed by atoms with Gasteiger partial charge < -0.3 is 4.74 Å². The van der Waals surface area contributed by atoms with Crippen molar-refractivity contribution in [1.29, 1.82) is 0 Å². The highest BCUT2D eigenvalue weighted by Gasteiger charge is 2.42. The molecule has 0 unspecified atom stereocenters. The van der Waals surface area contributed by atoms with E-state index >= 15 is 0 Å². The van der Waals surface area contributed by atoms with Gasteiger partial charge in [-0.2, -0.15) is 0 Å². The van der Waals surface area contributed by atoms with E-state index in [0.717, 1.165) is 22.6 Å². The number of hydrogen-bond acceptors (Lipinski definition) is 3. The number of Topliss-reactive ketones (excluding diaryl/α,β-unsaturated/α-hetero) is 2. The van der Waals surface area contributed by atoms with Crippen LogP contribution in [0.5, 0.6) is 11.5 Å². The molecular formula is C19H16O3. The Balaban J connectivity index is 1.91. The number of para-hydroxylation sites is 2. The summed E-state index contributed by atoms with van der Waals surface area (Å²) in [7, 11) is 0. The maximum Gasteiger partial charge on any atom is 0.144 e. The third-order valence-electron chi connectivity index (χ3n) is 4.60. The van der Waals surface area contributed by atoms with Crippen molar-refractivity contribution < 1.29 is 14.3 Å². The molecule has 3 heteroatoms. The summed E-state index contributed by atoms with van der Waals surface area (Å²) in [5.74, 6) is 0.830. The molecule has 2 aliphatic rings. The smallest absolute Gasteiger partial charge is 0.144 e. The summed E-state index contributed by atoms with van der Waals surface area (Å²) in [6.07, 6.45) is 1.68. The fraction of sp³-hybridized carbons (Fsp3) is 0.263. The lowest BCUT2D eigenvalue weighted by Gasteiger charge is -2.34. The second kappa shape index (κ2) is 5.09. The Morgan fingerprint density at radius 2 is 1.23 bits per heavy atom. The van der Waals surface area contributed by atoms with Crippen LogP contribution in [0.4, 0.5) is 0 Å². The van der Waals surface area contributed by atoms with Crippen molar-refractivity contribution in [2.45, 2.75) is 25.2 Å². The van der Waals surface area contributed by atoms with E-state index in [0.29, 0.717) is 19.3 Å². The molecule has 0 N–H and O–H groups in total. The molecule has 0 bridgehead atoms. The van der Waals surface area contributed by atoms with Gasteiger partial charge in [-0.15, -0.1) is 0 Å². The largest absolute Gasteiger partial charge is 0.457 e. The van der Waals surface area contributed by atoms with Gasteiger partial charge in [0.1, 0.15) is 23.1 Å². The average Bonchev–Trinajstić information content (AvgIpc) is 2.54. The third kappa shape index (κ3) is 1.97. The Kier molecular flexibility index (Phi) is 3.07. The first-order valence-electron chi connectivity index (χ1n) is 7.67. The molecule has 2 aromatic carbocycles. The normalized spacial score (nSPS) is 18.5. The van der Waals surface area contributed by atoms with Gasteiger partial charge in [0.15, 0.2) is 0 Å².